The van der Waals surface area contributed by atoms with Gasteiger partial charge in [-0.2, -0.15) is 0 Å². The van der Waals surface area contributed by atoms with Crippen molar-refractivity contribution in [3.8, 4) is 0 Å². The number of aromatic nitrogens is 1. The van der Waals surface area contributed by atoms with Crippen LogP contribution in [0.15, 0.2) is 56.8 Å². The monoisotopic (exact) mass is 328 g/mol. The van der Waals surface area contributed by atoms with Crippen molar-refractivity contribution in [2.45, 2.75) is 4.90 Å². The third-order valence-corrected chi connectivity index (χ3v) is 4.07. The van der Waals surface area contributed by atoms with Gasteiger partial charge in [-0.25, -0.2) is 8.42 Å². The van der Waals surface area contributed by atoms with Crippen LogP contribution in [0.2, 0.25) is 0 Å². The average molecular weight is 329 g/mol. The molecule has 0 unspecified atom stereocenters. The van der Waals surface area contributed by atoms with E-state index in [1.54, 1.807) is 24.3 Å². The van der Waals surface area contributed by atoms with Gasteiger partial charge in [0.1, 0.15) is 4.90 Å². The molecule has 0 spiro atoms. The molecule has 2 N–H and O–H groups in total. The average Bonchev–Trinajstić information content (AvgIpc) is 2.32. The highest BCUT2D eigenvalue weighted by Crippen LogP contribution is 2.17. The summed E-state index contributed by atoms with van der Waals surface area (Å²) in [5.74, 6) is 0. The van der Waals surface area contributed by atoms with Crippen LogP contribution in [0.5, 0.6) is 0 Å². The summed E-state index contributed by atoms with van der Waals surface area (Å²) in [7, 11) is -3.68. The molecule has 0 fully saturated rings. The van der Waals surface area contributed by atoms with E-state index in [-0.39, 0.29) is 10.5 Å². The van der Waals surface area contributed by atoms with E-state index >= 15 is 0 Å². The van der Waals surface area contributed by atoms with E-state index in [0.29, 0.717) is 5.69 Å². The van der Waals surface area contributed by atoms with E-state index in [9.17, 15) is 13.2 Å². The molecule has 0 atom stereocenters. The number of halogens is 1. The molecule has 5 nitrogen and oxygen atoms in total. The molecule has 1 aromatic heterocycles. The number of nitrogens with one attached hydrogen (secondary N) is 2. The molecule has 0 bridgehead atoms. The lowest BCUT2D eigenvalue weighted by molar-refractivity contribution is 0.600. The maximum Gasteiger partial charge on any atom is 0.263 e. The van der Waals surface area contributed by atoms with Crippen molar-refractivity contribution in [3.63, 3.8) is 0 Å². The lowest BCUT2D eigenvalue weighted by Gasteiger charge is -2.07. The molecular weight excluding hydrogens is 320 g/mol. The second-order valence-corrected chi connectivity index (χ2v) is 6.10. The molecule has 1 aromatic carbocycles. The number of anilines is 1. The number of pyridine rings is 1. The molecule has 0 radical (unpaired) electrons. The molecule has 94 valence electrons. The van der Waals surface area contributed by atoms with Crippen LogP contribution < -0.4 is 10.3 Å². The third kappa shape index (κ3) is 2.99. The van der Waals surface area contributed by atoms with E-state index < -0.39 is 10.0 Å². The van der Waals surface area contributed by atoms with Crippen LogP contribution in [-0.2, 0) is 10.0 Å². The van der Waals surface area contributed by atoms with Crippen LogP contribution in [0.1, 0.15) is 0 Å². The van der Waals surface area contributed by atoms with Crippen molar-refractivity contribution >= 4 is 31.6 Å². The molecule has 0 aliphatic carbocycles. The predicted octanol–water partition coefficient (Wildman–Crippen LogP) is 1.94. The first-order chi connectivity index (χ1) is 8.47. The second-order valence-electron chi connectivity index (χ2n) is 3.50. The molecule has 2 rings (SSSR count). The molecule has 18 heavy (non-hydrogen) atoms. The lowest BCUT2D eigenvalue weighted by atomic mass is 10.3. The van der Waals surface area contributed by atoms with Crippen molar-refractivity contribution in [1.82, 2.24) is 4.98 Å². The molecule has 0 aliphatic heterocycles. The summed E-state index contributed by atoms with van der Waals surface area (Å²) < 4.78 is 27.2. The minimum absolute atomic E-state index is 0.00465. The Morgan fingerprint density at radius 2 is 1.72 bits per heavy atom. The molecule has 1 heterocycles. The standard InChI is InChI=1S/C11H9BrN2O3S/c12-8-1-3-9(4-2-8)14-18(16,17)10-5-6-11(15)13-7-10/h1-7,14H,(H,13,15). The number of aromatic amines is 1. The van der Waals surface area contributed by atoms with Crippen molar-refractivity contribution < 1.29 is 8.42 Å². The van der Waals surface area contributed by atoms with Gasteiger partial charge < -0.3 is 4.98 Å². The summed E-state index contributed by atoms with van der Waals surface area (Å²) in [6, 6.07) is 9.13. The molecule has 0 aliphatic rings. The highest BCUT2D eigenvalue weighted by atomic mass is 79.9. The Balaban J connectivity index is 2.29. The summed E-state index contributed by atoms with van der Waals surface area (Å²) in [6.45, 7) is 0. The highest BCUT2D eigenvalue weighted by molar-refractivity contribution is 9.10. The normalized spacial score (nSPS) is 11.2. The van der Waals surface area contributed by atoms with Crippen LogP contribution in [0.3, 0.4) is 0 Å². The summed E-state index contributed by atoms with van der Waals surface area (Å²) in [4.78, 5) is 13.2. The minimum Gasteiger partial charge on any atom is -0.328 e. The predicted molar refractivity (Wildman–Crippen MR) is 72.0 cm³/mol. The number of hydrogen-bond acceptors (Lipinski definition) is 3. The van der Waals surface area contributed by atoms with Gasteiger partial charge in [-0.1, -0.05) is 15.9 Å². The topological polar surface area (TPSA) is 79.0 Å². The first-order valence-corrected chi connectivity index (χ1v) is 7.22. The maximum atomic E-state index is 12.0. The Kier molecular flexibility index (Phi) is 3.53. The fourth-order valence-electron chi connectivity index (χ4n) is 1.30. The molecule has 0 saturated heterocycles. The van der Waals surface area contributed by atoms with Gasteiger partial charge in [-0.05, 0) is 30.3 Å². The van der Waals surface area contributed by atoms with Gasteiger partial charge in [0, 0.05) is 22.4 Å². The van der Waals surface area contributed by atoms with E-state index in [2.05, 4.69) is 25.6 Å². The van der Waals surface area contributed by atoms with Crippen molar-refractivity contribution in [3.05, 3.63) is 57.4 Å². The Labute approximate surface area is 112 Å². The maximum absolute atomic E-state index is 12.0. The zero-order chi connectivity index (χ0) is 13.2. The number of hydrogen-bond donors (Lipinski definition) is 2. The van der Waals surface area contributed by atoms with Crippen molar-refractivity contribution in [2.75, 3.05) is 4.72 Å². The van der Waals surface area contributed by atoms with Gasteiger partial charge in [0.25, 0.3) is 10.0 Å². The molecule has 2 aromatic rings. The van der Waals surface area contributed by atoms with E-state index in [1.165, 1.54) is 6.07 Å². The first kappa shape index (κ1) is 12.8. The smallest absolute Gasteiger partial charge is 0.263 e. The lowest BCUT2D eigenvalue weighted by Crippen LogP contribution is -2.15. The summed E-state index contributed by atoms with van der Waals surface area (Å²) in [5.41, 5.74) is 0.0991. The summed E-state index contributed by atoms with van der Waals surface area (Å²) in [6.07, 6.45) is 1.16. The fraction of sp³-hybridized carbons (Fsp3) is 0. The highest BCUT2D eigenvalue weighted by Gasteiger charge is 2.13. The quantitative estimate of drug-likeness (QED) is 0.903. The fourth-order valence-corrected chi connectivity index (χ4v) is 2.59. The van der Waals surface area contributed by atoms with E-state index in [0.717, 1.165) is 16.7 Å². The van der Waals surface area contributed by atoms with Crippen molar-refractivity contribution in [2.24, 2.45) is 0 Å². The summed E-state index contributed by atoms with van der Waals surface area (Å²) in [5, 5.41) is 0. The zero-order valence-corrected chi connectivity index (χ0v) is 11.5. The van der Waals surface area contributed by atoms with Gasteiger partial charge in [0.2, 0.25) is 5.56 Å². The van der Waals surface area contributed by atoms with Gasteiger partial charge in [0.05, 0.1) is 0 Å². The Morgan fingerprint density at radius 3 is 2.28 bits per heavy atom. The van der Waals surface area contributed by atoms with E-state index in [4.69, 9.17) is 0 Å². The molecule has 0 amide bonds. The number of benzene rings is 1. The Hall–Kier alpha value is -1.60. The van der Waals surface area contributed by atoms with Gasteiger partial charge in [0.15, 0.2) is 0 Å². The number of H-pyrrole nitrogens is 1. The molecule has 0 saturated carbocycles. The third-order valence-electron chi connectivity index (χ3n) is 2.16. The van der Waals surface area contributed by atoms with Crippen LogP contribution in [0, 0.1) is 0 Å². The number of rotatable bonds is 3. The van der Waals surface area contributed by atoms with Gasteiger partial charge in [-0.15, -0.1) is 0 Å². The Morgan fingerprint density at radius 1 is 1.06 bits per heavy atom. The van der Waals surface area contributed by atoms with Crippen LogP contribution in [-0.4, -0.2) is 13.4 Å². The number of sulfonamides is 1. The first-order valence-electron chi connectivity index (χ1n) is 4.94. The molecule has 7 heteroatoms. The van der Waals surface area contributed by atoms with E-state index in [1.807, 2.05) is 0 Å². The summed E-state index contributed by atoms with van der Waals surface area (Å²) >= 11 is 3.26. The molecular formula is C11H9BrN2O3S. The largest absolute Gasteiger partial charge is 0.328 e. The van der Waals surface area contributed by atoms with Gasteiger partial charge in [-0.3, -0.25) is 9.52 Å². The van der Waals surface area contributed by atoms with Crippen molar-refractivity contribution in [1.29, 1.82) is 0 Å². The van der Waals surface area contributed by atoms with Crippen LogP contribution in [0.4, 0.5) is 5.69 Å². The Bertz CT molecular complexity index is 687. The zero-order valence-electron chi connectivity index (χ0n) is 9.05. The van der Waals surface area contributed by atoms with Gasteiger partial charge >= 0.3 is 0 Å². The SMILES string of the molecule is O=c1ccc(S(=O)(=O)Nc2ccc(Br)cc2)c[nH]1. The van der Waals surface area contributed by atoms with Crippen LogP contribution >= 0.6 is 15.9 Å². The second kappa shape index (κ2) is 4.95. The van der Waals surface area contributed by atoms with Crippen LogP contribution in [0.25, 0.3) is 0 Å². The minimum atomic E-state index is -3.68.